The molecule has 0 bridgehead atoms. The van der Waals surface area contributed by atoms with Gasteiger partial charge in [0.15, 0.2) is 11.6 Å². The van der Waals surface area contributed by atoms with Crippen LogP contribution in [-0.4, -0.2) is 32.2 Å². The summed E-state index contributed by atoms with van der Waals surface area (Å²) in [6, 6.07) is 15.9. The van der Waals surface area contributed by atoms with Crippen molar-refractivity contribution in [1.29, 1.82) is 0 Å². The molecule has 4 aromatic rings. The van der Waals surface area contributed by atoms with Crippen LogP contribution in [0.25, 0.3) is 34.0 Å². The Hall–Kier alpha value is -3.91. The molecule has 1 aliphatic carbocycles. The van der Waals surface area contributed by atoms with Gasteiger partial charge in [-0.1, -0.05) is 35.5 Å². The van der Waals surface area contributed by atoms with E-state index in [1.54, 1.807) is 18.2 Å². The number of aryl methyl sites for hydroxylation is 1. The highest BCUT2D eigenvalue weighted by atomic mass is 19.2. The van der Waals surface area contributed by atoms with Crippen LogP contribution in [0.15, 0.2) is 59.1 Å². The Morgan fingerprint density at radius 2 is 1.78 bits per heavy atom. The van der Waals surface area contributed by atoms with Gasteiger partial charge in [0.25, 0.3) is 5.89 Å². The van der Waals surface area contributed by atoms with E-state index >= 15 is 0 Å². The Morgan fingerprint density at radius 1 is 1.00 bits per heavy atom. The molecule has 36 heavy (non-hydrogen) atoms. The summed E-state index contributed by atoms with van der Waals surface area (Å²) >= 11 is 0. The first kappa shape index (κ1) is 22.5. The van der Waals surface area contributed by atoms with Gasteiger partial charge in [-0.25, -0.2) is 8.78 Å². The van der Waals surface area contributed by atoms with Gasteiger partial charge in [-0.3, -0.25) is 9.69 Å². The third-order valence-electron chi connectivity index (χ3n) is 7.33. The summed E-state index contributed by atoms with van der Waals surface area (Å²) in [5, 5.41) is 13.3. The molecule has 1 aliphatic heterocycles. The number of nitrogens with zero attached hydrogens (tertiary/aromatic N) is 3. The second kappa shape index (κ2) is 8.64. The van der Waals surface area contributed by atoms with Gasteiger partial charge >= 0.3 is 5.97 Å². The topological polar surface area (TPSA) is 79.5 Å². The van der Waals surface area contributed by atoms with Crippen LogP contribution in [0.4, 0.5) is 8.78 Å². The maximum Gasteiger partial charge on any atom is 0.306 e. The van der Waals surface area contributed by atoms with Crippen molar-refractivity contribution in [1.82, 2.24) is 15.0 Å². The average molecular weight is 488 g/mol. The number of carboxylic acid groups (broad SMARTS) is 1. The largest absolute Gasteiger partial charge is 0.481 e. The first-order chi connectivity index (χ1) is 17.4. The van der Waals surface area contributed by atoms with Gasteiger partial charge in [0, 0.05) is 35.8 Å². The molecule has 0 radical (unpaired) electrons. The highest BCUT2D eigenvalue weighted by Crippen LogP contribution is 2.38. The molecule has 3 aromatic carbocycles. The Morgan fingerprint density at radius 3 is 2.56 bits per heavy atom. The molecule has 1 saturated carbocycles. The number of carbonyl (C=O) groups is 1. The van der Waals surface area contributed by atoms with Crippen LogP contribution in [0.1, 0.15) is 29.5 Å². The minimum Gasteiger partial charge on any atom is -0.481 e. The lowest BCUT2D eigenvalue weighted by molar-refractivity contribution is -0.147. The van der Waals surface area contributed by atoms with Crippen LogP contribution >= 0.6 is 0 Å². The van der Waals surface area contributed by atoms with Crippen molar-refractivity contribution < 1.29 is 23.2 Å². The van der Waals surface area contributed by atoms with Crippen molar-refractivity contribution in [2.45, 2.75) is 38.9 Å². The molecule has 1 aromatic heterocycles. The lowest BCUT2D eigenvalue weighted by Gasteiger charge is -2.39. The van der Waals surface area contributed by atoms with Gasteiger partial charge in [0.1, 0.15) is 0 Å². The highest BCUT2D eigenvalue weighted by Gasteiger charge is 2.39. The lowest BCUT2D eigenvalue weighted by Crippen LogP contribution is -2.44. The van der Waals surface area contributed by atoms with Crippen molar-refractivity contribution in [2.24, 2.45) is 5.92 Å². The van der Waals surface area contributed by atoms with Crippen molar-refractivity contribution >= 4 is 5.97 Å². The Kier molecular flexibility index (Phi) is 5.41. The van der Waals surface area contributed by atoms with Gasteiger partial charge in [0.05, 0.1) is 5.92 Å². The zero-order chi connectivity index (χ0) is 25.0. The van der Waals surface area contributed by atoms with E-state index in [0.717, 1.165) is 30.3 Å². The van der Waals surface area contributed by atoms with E-state index in [4.69, 9.17) is 9.63 Å². The molecule has 0 atom stereocenters. The zero-order valence-electron chi connectivity index (χ0n) is 19.5. The molecule has 182 valence electrons. The smallest absolute Gasteiger partial charge is 0.306 e. The highest BCUT2D eigenvalue weighted by molar-refractivity contribution is 5.72. The third kappa shape index (κ3) is 3.87. The van der Waals surface area contributed by atoms with Crippen LogP contribution in [0.2, 0.25) is 0 Å². The molecule has 0 unspecified atom stereocenters. The fourth-order valence-electron chi connectivity index (χ4n) is 5.17. The van der Waals surface area contributed by atoms with E-state index in [-0.39, 0.29) is 11.5 Å². The number of fused-ring (bicyclic) bond motifs is 1. The zero-order valence-corrected chi connectivity index (χ0v) is 19.5. The quantitative estimate of drug-likeness (QED) is 0.381. The van der Waals surface area contributed by atoms with Gasteiger partial charge in [-0.2, -0.15) is 4.98 Å². The Labute approximate surface area is 206 Å². The summed E-state index contributed by atoms with van der Waals surface area (Å²) in [6.07, 6.45) is 1.41. The molecule has 6 nitrogen and oxygen atoms in total. The van der Waals surface area contributed by atoms with Crippen molar-refractivity contribution in [3.8, 4) is 34.0 Å². The lowest BCUT2D eigenvalue weighted by atomic mass is 9.79. The minimum absolute atomic E-state index is 0.206. The summed E-state index contributed by atoms with van der Waals surface area (Å²) in [5.74, 6) is -1.87. The summed E-state index contributed by atoms with van der Waals surface area (Å²) in [5.41, 5.74) is 5.52. The van der Waals surface area contributed by atoms with Gasteiger partial charge < -0.3 is 9.63 Å². The standard InChI is InChI=1S/C28H23F2N3O3/c1-15-9-17(7-8-22(15)23-3-2-4-24(29)25(23)30)27-31-26(32-36-27)16-5-6-18-13-33(14-20(18)10-16)21-11-19(12-21)28(34)35/h2-10,19,21H,11-14H2,1H3,(H,34,35)/t19-,21-. The van der Waals surface area contributed by atoms with Crippen molar-refractivity contribution in [3.63, 3.8) is 0 Å². The predicted octanol–water partition coefficient (Wildman–Crippen LogP) is 5.84. The summed E-state index contributed by atoms with van der Waals surface area (Å²) in [7, 11) is 0. The number of benzene rings is 3. The van der Waals surface area contributed by atoms with Crippen LogP contribution in [0, 0.1) is 24.5 Å². The van der Waals surface area contributed by atoms with Crippen molar-refractivity contribution in [2.75, 3.05) is 0 Å². The maximum atomic E-state index is 14.3. The van der Waals surface area contributed by atoms with Gasteiger partial charge in [0.2, 0.25) is 5.82 Å². The molecule has 6 rings (SSSR count). The minimum atomic E-state index is -0.882. The van der Waals surface area contributed by atoms with E-state index in [1.165, 1.54) is 17.2 Å². The number of aliphatic carboxylic acids is 1. The second-order valence-corrected chi connectivity index (χ2v) is 9.60. The first-order valence-electron chi connectivity index (χ1n) is 11.9. The number of hydrogen-bond acceptors (Lipinski definition) is 5. The molecule has 0 saturated heterocycles. The average Bonchev–Trinajstić information content (AvgIpc) is 3.47. The van der Waals surface area contributed by atoms with E-state index in [1.807, 2.05) is 19.1 Å². The number of hydrogen-bond donors (Lipinski definition) is 1. The van der Waals surface area contributed by atoms with E-state index in [0.29, 0.717) is 41.7 Å². The Bertz CT molecular complexity index is 1490. The van der Waals surface area contributed by atoms with Crippen molar-refractivity contribution in [3.05, 3.63) is 82.9 Å². The normalized spacial score (nSPS) is 19.2. The number of halogens is 2. The molecule has 2 heterocycles. The third-order valence-corrected chi connectivity index (χ3v) is 7.33. The molecule has 0 spiro atoms. The predicted molar refractivity (Wildman–Crippen MR) is 129 cm³/mol. The maximum absolute atomic E-state index is 14.3. The van der Waals surface area contributed by atoms with E-state index < -0.39 is 17.6 Å². The molecular formula is C28H23F2N3O3. The van der Waals surface area contributed by atoms with Crippen LogP contribution in [0.3, 0.4) is 0 Å². The summed E-state index contributed by atoms with van der Waals surface area (Å²) < 4.78 is 33.5. The molecule has 1 fully saturated rings. The van der Waals surface area contributed by atoms with Crippen LogP contribution in [-0.2, 0) is 17.9 Å². The number of carboxylic acids is 1. The molecule has 2 aliphatic rings. The number of aromatic nitrogens is 2. The number of rotatable bonds is 5. The molecule has 8 heteroatoms. The van der Waals surface area contributed by atoms with E-state index in [2.05, 4.69) is 27.2 Å². The monoisotopic (exact) mass is 487 g/mol. The SMILES string of the molecule is Cc1cc(-c2nc(-c3ccc4c(c3)CN([C@H]3C[C@H](C(=O)O)C3)C4)no2)ccc1-c1cccc(F)c1F. The van der Waals surface area contributed by atoms with Gasteiger partial charge in [-0.05, 0) is 66.3 Å². The molecule has 0 amide bonds. The van der Waals surface area contributed by atoms with Crippen LogP contribution < -0.4 is 0 Å². The fourth-order valence-corrected chi connectivity index (χ4v) is 5.17. The summed E-state index contributed by atoms with van der Waals surface area (Å²) in [6.45, 7) is 3.43. The second-order valence-electron chi connectivity index (χ2n) is 9.60. The molecule has 1 N–H and O–H groups in total. The van der Waals surface area contributed by atoms with Gasteiger partial charge in [-0.15, -0.1) is 0 Å². The Balaban J connectivity index is 1.20. The summed E-state index contributed by atoms with van der Waals surface area (Å²) in [4.78, 5) is 18.0. The first-order valence-corrected chi connectivity index (χ1v) is 11.9. The fraction of sp³-hybridized carbons (Fsp3) is 0.250. The van der Waals surface area contributed by atoms with Crippen LogP contribution in [0.5, 0.6) is 0 Å². The molecular weight excluding hydrogens is 464 g/mol. The van der Waals surface area contributed by atoms with E-state index in [9.17, 15) is 13.6 Å².